The van der Waals surface area contributed by atoms with Crippen LogP contribution >= 0.6 is 0 Å². The van der Waals surface area contributed by atoms with E-state index in [4.69, 9.17) is 5.11 Å². The summed E-state index contributed by atoms with van der Waals surface area (Å²) in [5.41, 5.74) is 0.293. The third kappa shape index (κ3) is 1.37. The van der Waals surface area contributed by atoms with Crippen molar-refractivity contribution >= 4 is 0 Å². The van der Waals surface area contributed by atoms with Crippen LogP contribution in [0.5, 0.6) is 5.75 Å². The van der Waals surface area contributed by atoms with E-state index in [-0.39, 0.29) is 6.04 Å². The highest BCUT2D eigenvalue weighted by molar-refractivity contribution is 5.32. The minimum absolute atomic E-state index is 0.102. The normalized spacial score (nSPS) is 21.2. The summed E-state index contributed by atoms with van der Waals surface area (Å²) in [5, 5.41) is 11.8. The van der Waals surface area contributed by atoms with Gasteiger partial charge >= 0.3 is 0 Å². The maximum atomic E-state index is 13.1. The first-order valence-electron chi connectivity index (χ1n) is 4.10. The van der Waals surface area contributed by atoms with Gasteiger partial charge in [0.05, 0.1) is 0 Å². The van der Waals surface area contributed by atoms with Gasteiger partial charge in [-0.25, -0.2) is 8.78 Å². The van der Waals surface area contributed by atoms with Crippen LogP contribution in [-0.4, -0.2) is 11.7 Å². The van der Waals surface area contributed by atoms with Gasteiger partial charge in [0.1, 0.15) is 5.82 Å². The molecule has 1 atom stereocenters. The summed E-state index contributed by atoms with van der Waals surface area (Å²) in [7, 11) is 0. The molecule has 1 aromatic rings. The first-order chi connectivity index (χ1) is 6.18. The zero-order valence-corrected chi connectivity index (χ0v) is 6.85. The molecule has 70 valence electrons. The van der Waals surface area contributed by atoms with Gasteiger partial charge in [-0.2, -0.15) is 0 Å². The molecular formula is C9H9F2NO. The molecule has 0 aliphatic carbocycles. The standard InChI is InChI=1S/C9H9F2NO/c10-6-4-9(13)7(11)3-5(6)8-1-2-12-8/h3-4,8,12-13H,1-2H2/t8-/m0/s1. The van der Waals surface area contributed by atoms with Gasteiger partial charge in [-0.15, -0.1) is 0 Å². The van der Waals surface area contributed by atoms with E-state index in [9.17, 15) is 8.78 Å². The highest BCUT2D eigenvalue weighted by Gasteiger charge is 2.23. The Morgan fingerprint density at radius 3 is 2.54 bits per heavy atom. The van der Waals surface area contributed by atoms with Gasteiger partial charge in [-0.1, -0.05) is 0 Å². The van der Waals surface area contributed by atoms with Gasteiger partial charge in [-0.3, -0.25) is 0 Å². The molecule has 13 heavy (non-hydrogen) atoms. The van der Waals surface area contributed by atoms with Gasteiger partial charge in [0.25, 0.3) is 0 Å². The lowest BCUT2D eigenvalue weighted by atomic mass is 9.97. The lowest BCUT2D eigenvalue weighted by Gasteiger charge is -2.28. The Kier molecular flexibility index (Phi) is 1.92. The fourth-order valence-electron chi connectivity index (χ4n) is 1.37. The van der Waals surface area contributed by atoms with Crippen molar-refractivity contribution in [3.8, 4) is 5.75 Å². The number of halogens is 2. The van der Waals surface area contributed by atoms with Gasteiger partial charge < -0.3 is 10.4 Å². The third-order valence-corrected chi connectivity index (χ3v) is 2.27. The summed E-state index contributed by atoms with van der Waals surface area (Å²) in [6.45, 7) is 0.826. The van der Waals surface area contributed by atoms with Crippen molar-refractivity contribution in [2.45, 2.75) is 12.5 Å². The molecule has 1 aromatic carbocycles. The van der Waals surface area contributed by atoms with Crippen molar-refractivity contribution in [2.24, 2.45) is 0 Å². The Bertz CT molecular complexity index is 337. The quantitative estimate of drug-likeness (QED) is 0.698. The molecule has 1 saturated heterocycles. The van der Waals surface area contributed by atoms with Gasteiger partial charge in [0.15, 0.2) is 11.6 Å². The highest BCUT2D eigenvalue weighted by atomic mass is 19.1. The molecule has 2 rings (SSSR count). The molecule has 1 aliphatic heterocycles. The van der Waals surface area contributed by atoms with E-state index in [0.29, 0.717) is 5.56 Å². The van der Waals surface area contributed by atoms with Crippen LogP contribution < -0.4 is 5.32 Å². The maximum Gasteiger partial charge on any atom is 0.165 e. The van der Waals surface area contributed by atoms with E-state index in [2.05, 4.69) is 5.32 Å². The molecule has 2 nitrogen and oxygen atoms in total. The SMILES string of the molecule is Oc1cc(F)c([C@@H]2CCN2)cc1F. The fourth-order valence-corrected chi connectivity index (χ4v) is 1.37. The molecule has 0 saturated carbocycles. The van der Waals surface area contributed by atoms with Crippen LogP contribution in [-0.2, 0) is 0 Å². The smallest absolute Gasteiger partial charge is 0.165 e. The minimum atomic E-state index is -0.773. The van der Waals surface area contributed by atoms with Crippen molar-refractivity contribution in [2.75, 3.05) is 6.54 Å². The number of rotatable bonds is 1. The molecule has 0 spiro atoms. The first-order valence-corrected chi connectivity index (χ1v) is 4.10. The van der Waals surface area contributed by atoms with Crippen molar-refractivity contribution in [1.82, 2.24) is 5.32 Å². The second-order valence-corrected chi connectivity index (χ2v) is 3.12. The molecule has 0 unspecified atom stereocenters. The summed E-state index contributed by atoms with van der Waals surface area (Å²) in [4.78, 5) is 0. The third-order valence-electron chi connectivity index (χ3n) is 2.27. The van der Waals surface area contributed by atoms with Crippen molar-refractivity contribution < 1.29 is 13.9 Å². The van der Waals surface area contributed by atoms with E-state index in [1.54, 1.807) is 0 Å². The molecule has 1 fully saturated rings. The lowest BCUT2D eigenvalue weighted by molar-refractivity contribution is 0.363. The average Bonchev–Trinajstić information content (AvgIpc) is 1.96. The highest BCUT2D eigenvalue weighted by Crippen LogP contribution is 2.29. The Balaban J connectivity index is 2.39. The minimum Gasteiger partial charge on any atom is -0.505 e. The van der Waals surface area contributed by atoms with Crippen LogP contribution in [0.3, 0.4) is 0 Å². The largest absolute Gasteiger partial charge is 0.505 e. The molecule has 0 aromatic heterocycles. The van der Waals surface area contributed by atoms with Crippen molar-refractivity contribution in [1.29, 1.82) is 0 Å². The molecular weight excluding hydrogens is 176 g/mol. The first kappa shape index (κ1) is 8.44. The van der Waals surface area contributed by atoms with Crippen LogP contribution in [0.15, 0.2) is 12.1 Å². The summed E-state index contributed by atoms with van der Waals surface area (Å²) < 4.78 is 26.0. The number of hydrogen-bond acceptors (Lipinski definition) is 2. The number of aromatic hydroxyl groups is 1. The second-order valence-electron chi connectivity index (χ2n) is 3.12. The van der Waals surface area contributed by atoms with Crippen LogP contribution in [0.4, 0.5) is 8.78 Å². The summed E-state index contributed by atoms with van der Waals surface area (Å²) in [6, 6.07) is 1.75. The fraction of sp³-hybridized carbons (Fsp3) is 0.333. The van der Waals surface area contributed by atoms with Gasteiger partial charge in [0, 0.05) is 17.7 Å². The summed E-state index contributed by atoms with van der Waals surface area (Å²) in [6.07, 6.45) is 0.807. The maximum absolute atomic E-state index is 13.1. The monoisotopic (exact) mass is 185 g/mol. The zero-order chi connectivity index (χ0) is 9.42. The van der Waals surface area contributed by atoms with E-state index < -0.39 is 17.4 Å². The van der Waals surface area contributed by atoms with Crippen LogP contribution in [0.25, 0.3) is 0 Å². The predicted molar refractivity (Wildman–Crippen MR) is 43.4 cm³/mol. The molecule has 0 bridgehead atoms. The molecule has 2 N–H and O–H groups in total. The van der Waals surface area contributed by atoms with E-state index >= 15 is 0 Å². The van der Waals surface area contributed by atoms with E-state index in [1.165, 1.54) is 0 Å². The predicted octanol–water partition coefficient (Wildman–Crippen LogP) is 1.70. The molecule has 1 aliphatic rings. The van der Waals surface area contributed by atoms with Crippen LogP contribution in [0.1, 0.15) is 18.0 Å². The van der Waals surface area contributed by atoms with Crippen LogP contribution in [0.2, 0.25) is 0 Å². The Hall–Kier alpha value is -1.16. The zero-order valence-electron chi connectivity index (χ0n) is 6.85. The molecule has 0 radical (unpaired) electrons. The van der Waals surface area contributed by atoms with E-state index in [1.807, 2.05) is 0 Å². The topological polar surface area (TPSA) is 32.3 Å². The van der Waals surface area contributed by atoms with Crippen LogP contribution in [0, 0.1) is 11.6 Å². The Labute approximate surface area is 74.2 Å². The second kappa shape index (κ2) is 2.96. The average molecular weight is 185 g/mol. The number of benzene rings is 1. The van der Waals surface area contributed by atoms with Gasteiger partial charge in [0.2, 0.25) is 0 Å². The van der Waals surface area contributed by atoms with Gasteiger partial charge in [-0.05, 0) is 19.0 Å². The molecule has 1 heterocycles. The Morgan fingerprint density at radius 2 is 2.00 bits per heavy atom. The number of hydrogen-bond donors (Lipinski definition) is 2. The number of nitrogens with one attached hydrogen (secondary N) is 1. The summed E-state index contributed by atoms with van der Waals surface area (Å²) in [5.74, 6) is -1.97. The molecule has 4 heteroatoms. The lowest BCUT2D eigenvalue weighted by Crippen LogP contribution is -2.35. The Morgan fingerprint density at radius 1 is 1.31 bits per heavy atom. The van der Waals surface area contributed by atoms with Crippen molar-refractivity contribution in [3.05, 3.63) is 29.3 Å². The number of phenolic OH excluding ortho intramolecular Hbond substituents is 1. The number of phenols is 1. The van der Waals surface area contributed by atoms with Crippen molar-refractivity contribution in [3.63, 3.8) is 0 Å². The molecule has 0 amide bonds. The van der Waals surface area contributed by atoms with E-state index in [0.717, 1.165) is 25.1 Å². The summed E-state index contributed by atoms with van der Waals surface area (Å²) >= 11 is 0.